The van der Waals surface area contributed by atoms with Crippen molar-refractivity contribution >= 4 is 5.91 Å². The first kappa shape index (κ1) is 18.4. The van der Waals surface area contributed by atoms with Gasteiger partial charge in [-0.05, 0) is 44.2 Å². The van der Waals surface area contributed by atoms with Gasteiger partial charge in [-0.1, -0.05) is 30.3 Å². The summed E-state index contributed by atoms with van der Waals surface area (Å²) in [6.07, 6.45) is 6.37. The van der Waals surface area contributed by atoms with Crippen molar-refractivity contribution in [2.24, 2.45) is 5.41 Å². The predicted molar refractivity (Wildman–Crippen MR) is 101 cm³/mol. The van der Waals surface area contributed by atoms with Crippen LogP contribution in [0.5, 0.6) is 0 Å². The highest BCUT2D eigenvalue weighted by atomic mass is 16.5. The van der Waals surface area contributed by atoms with E-state index in [1.54, 1.807) is 7.11 Å². The second-order valence-corrected chi connectivity index (χ2v) is 7.78. The molecule has 1 amide bonds. The summed E-state index contributed by atoms with van der Waals surface area (Å²) in [6, 6.07) is 10.5. The lowest BCUT2D eigenvalue weighted by Crippen LogP contribution is -2.54. The largest absolute Gasteiger partial charge is 0.385 e. The minimum Gasteiger partial charge on any atom is -0.385 e. The number of amides is 1. The zero-order valence-electron chi connectivity index (χ0n) is 15.6. The highest BCUT2D eigenvalue weighted by molar-refractivity contribution is 5.77. The fraction of sp³-hybridized carbons (Fsp3) is 0.667. The molecule has 4 nitrogen and oxygen atoms in total. The number of piperidine rings is 2. The van der Waals surface area contributed by atoms with Crippen molar-refractivity contribution in [2.75, 3.05) is 46.4 Å². The fourth-order valence-electron chi connectivity index (χ4n) is 4.48. The lowest BCUT2D eigenvalue weighted by Gasteiger charge is -2.48. The number of likely N-dealkylation sites (tertiary alicyclic amines) is 2. The van der Waals surface area contributed by atoms with Gasteiger partial charge in [0.2, 0.25) is 5.91 Å². The van der Waals surface area contributed by atoms with Crippen LogP contribution in [0, 0.1) is 5.41 Å². The van der Waals surface area contributed by atoms with Crippen molar-refractivity contribution in [3.63, 3.8) is 0 Å². The minimum absolute atomic E-state index is 0.315. The molecule has 25 heavy (non-hydrogen) atoms. The van der Waals surface area contributed by atoms with Crippen LogP contribution in [0.3, 0.4) is 0 Å². The van der Waals surface area contributed by atoms with Gasteiger partial charge in [0, 0.05) is 51.7 Å². The fourth-order valence-corrected chi connectivity index (χ4v) is 4.48. The van der Waals surface area contributed by atoms with Crippen LogP contribution in [0.4, 0.5) is 0 Å². The summed E-state index contributed by atoms with van der Waals surface area (Å²) in [5, 5.41) is 0. The standard InChI is InChI=1S/C21H32N2O2/c1-25-16-6-14-22-13-5-11-21(17-22)12-9-20(24)23(18-21)15-10-19-7-3-2-4-8-19/h2-4,7-8H,5-6,9-18H2,1H3/t21-/m0/s1. The molecule has 1 spiro atoms. The topological polar surface area (TPSA) is 32.8 Å². The number of hydrogen-bond donors (Lipinski definition) is 0. The highest BCUT2D eigenvalue weighted by Crippen LogP contribution is 2.38. The van der Waals surface area contributed by atoms with Crippen LogP contribution >= 0.6 is 0 Å². The van der Waals surface area contributed by atoms with Gasteiger partial charge >= 0.3 is 0 Å². The molecule has 2 saturated heterocycles. The smallest absolute Gasteiger partial charge is 0.222 e. The van der Waals surface area contributed by atoms with Gasteiger partial charge in [0.25, 0.3) is 0 Å². The molecular weight excluding hydrogens is 312 g/mol. The van der Waals surface area contributed by atoms with Crippen LogP contribution < -0.4 is 0 Å². The summed E-state index contributed by atoms with van der Waals surface area (Å²) in [5.41, 5.74) is 1.63. The van der Waals surface area contributed by atoms with E-state index in [1.807, 2.05) is 6.07 Å². The van der Waals surface area contributed by atoms with Crippen molar-refractivity contribution in [2.45, 2.75) is 38.5 Å². The Labute approximate surface area is 152 Å². The number of carbonyl (C=O) groups is 1. The third-order valence-corrected chi connectivity index (χ3v) is 5.82. The maximum absolute atomic E-state index is 12.4. The van der Waals surface area contributed by atoms with Gasteiger partial charge in [0.05, 0.1) is 0 Å². The summed E-state index contributed by atoms with van der Waals surface area (Å²) in [6.45, 7) is 6.10. The normalized spacial score (nSPS) is 24.8. The third kappa shape index (κ3) is 5.05. The van der Waals surface area contributed by atoms with Crippen LogP contribution in [0.2, 0.25) is 0 Å². The van der Waals surface area contributed by atoms with Crippen LogP contribution in [-0.4, -0.2) is 62.1 Å². The van der Waals surface area contributed by atoms with Crippen LogP contribution in [0.1, 0.15) is 37.7 Å². The zero-order chi connectivity index (χ0) is 17.5. The monoisotopic (exact) mass is 344 g/mol. The first-order valence-electron chi connectivity index (χ1n) is 9.74. The molecule has 4 heteroatoms. The Kier molecular flexibility index (Phi) is 6.49. The number of benzene rings is 1. The molecule has 138 valence electrons. The molecule has 1 atom stereocenters. The number of methoxy groups -OCH3 is 1. The van der Waals surface area contributed by atoms with Gasteiger partial charge in [0.1, 0.15) is 0 Å². The Morgan fingerprint density at radius 2 is 1.96 bits per heavy atom. The molecular formula is C21H32N2O2. The molecule has 2 heterocycles. The summed E-state index contributed by atoms with van der Waals surface area (Å²) < 4.78 is 5.20. The highest BCUT2D eigenvalue weighted by Gasteiger charge is 2.41. The lowest BCUT2D eigenvalue weighted by atomic mass is 9.73. The maximum Gasteiger partial charge on any atom is 0.222 e. The molecule has 1 aromatic carbocycles. The Morgan fingerprint density at radius 3 is 2.76 bits per heavy atom. The molecule has 1 aromatic rings. The molecule has 3 rings (SSSR count). The Bertz CT molecular complexity index is 548. The van der Waals surface area contributed by atoms with Crippen LogP contribution in [-0.2, 0) is 16.0 Å². The second kappa shape index (κ2) is 8.81. The van der Waals surface area contributed by atoms with Gasteiger partial charge < -0.3 is 14.5 Å². The zero-order valence-corrected chi connectivity index (χ0v) is 15.6. The van der Waals surface area contributed by atoms with Gasteiger partial charge in [-0.3, -0.25) is 4.79 Å². The molecule has 2 aliphatic rings. The Hall–Kier alpha value is -1.39. The van der Waals surface area contributed by atoms with Gasteiger partial charge in [-0.2, -0.15) is 0 Å². The number of carbonyl (C=O) groups excluding carboxylic acids is 1. The maximum atomic E-state index is 12.4. The second-order valence-electron chi connectivity index (χ2n) is 7.78. The van der Waals surface area contributed by atoms with Gasteiger partial charge in [0.15, 0.2) is 0 Å². The average Bonchev–Trinajstić information content (AvgIpc) is 2.64. The van der Waals surface area contributed by atoms with Gasteiger partial charge in [-0.25, -0.2) is 0 Å². The van der Waals surface area contributed by atoms with Crippen molar-refractivity contribution < 1.29 is 9.53 Å². The summed E-state index contributed by atoms with van der Waals surface area (Å²) >= 11 is 0. The van der Waals surface area contributed by atoms with E-state index in [0.29, 0.717) is 11.3 Å². The van der Waals surface area contributed by atoms with E-state index in [-0.39, 0.29) is 0 Å². The number of nitrogens with zero attached hydrogens (tertiary/aromatic N) is 2. The first-order chi connectivity index (χ1) is 12.2. The molecule has 0 aliphatic carbocycles. The van der Waals surface area contributed by atoms with E-state index in [2.05, 4.69) is 34.1 Å². The van der Waals surface area contributed by atoms with E-state index >= 15 is 0 Å². The number of hydrogen-bond acceptors (Lipinski definition) is 3. The third-order valence-electron chi connectivity index (χ3n) is 5.82. The van der Waals surface area contributed by atoms with E-state index in [4.69, 9.17) is 4.74 Å². The molecule has 0 unspecified atom stereocenters. The summed E-state index contributed by atoms with van der Waals surface area (Å²) in [5.74, 6) is 0.345. The molecule has 0 N–H and O–H groups in total. The molecule has 2 aliphatic heterocycles. The quantitative estimate of drug-likeness (QED) is 0.713. The Morgan fingerprint density at radius 1 is 1.12 bits per heavy atom. The first-order valence-corrected chi connectivity index (χ1v) is 9.74. The van der Waals surface area contributed by atoms with Crippen molar-refractivity contribution in [3.8, 4) is 0 Å². The molecule has 0 bridgehead atoms. The van der Waals surface area contributed by atoms with Crippen molar-refractivity contribution in [3.05, 3.63) is 35.9 Å². The lowest BCUT2D eigenvalue weighted by molar-refractivity contribution is -0.139. The van der Waals surface area contributed by atoms with Crippen molar-refractivity contribution in [1.29, 1.82) is 0 Å². The van der Waals surface area contributed by atoms with Crippen LogP contribution in [0.25, 0.3) is 0 Å². The summed E-state index contributed by atoms with van der Waals surface area (Å²) in [7, 11) is 1.77. The average molecular weight is 344 g/mol. The number of ether oxygens (including phenoxy) is 1. The van der Waals surface area contributed by atoms with E-state index < -0.39 is 0 Å². The van der Waals surface area contributed by atoms with E-state index in [9.17, 15) is 4.79 Å². The Balaban J connectivity index is 1.56. The molecule has 0 saturated carbocycles. The molecule has 0 radical (unpaired) electrons. The molecule has 0 aromatic heterocycles. The van der Waals surface area contributed by atoms with E-state index in [0.717, 1.165) is 58.5 Å². The SMILES string of the molecule is COCCCN1CCC[C@]2(CCC(=O)N(CCc3ccccc3)C2)C1. The summed E-state index contributed by atoms with van der Waals surface area (Å²) in [4.78, 5) is 17.2. The van der Waals surface area contributed by atoms with E-state index in [1.165, 1.54) is 24.9 Å². The van der Waals surface area contributed by atoms with Crippen molar-refractivity contribution in [1.82, 2.24) is 9.80 Å². The predicted octanol–water partition coefficient (Wildman–Crippen LogP) is 2.97. The molecule has 2 fully saturated rings. The minimum atomic E-state index is 0.315. The van der Waals surface area contributed by atoms with Crippen LogP contribution in [0.15, 0.2) is 30.3 Å². The number of rotatable bonds is 7. The van der Waals surface area contributed by atoms with Gasteiger partial charge in [-0.15, -0.1) is 0 Å².